The minimum absolute atomic E-state index is 0.0111. The Morgan fingerprint density at radius 1 is 1.03 bits per heavy atom. The fourth-order valence-corrected chi connectivity index (χ4v) is 10.7. The highest BCUT2D eigenvalue weighted by molar-refractivity contribution is 6.01. The molecule has 0 radical (unpaired) electrons. The van der Waals surface area contributed by atoms with E-state index in [9.17, 15) is 22.8 Å². The molecule has 2 aromatic carbocycles. The monoisotopic (exact) mass is 841 g/mol. The summed E-state index contributed by atoms with van der Waals surface area (Å²) in [6.45, 7) is 19.5. The van der Waals surface area contributed by atoms with Crippen molar-refractivity contribution in [1.82, 2.24) is 14.8 Å². The number of amides is 1. The van der Waals surface area contributed by atoms with Crippen molar-refractivity contribution in [3.63, 3.8) is 0 Å². The van der Waals surface area contributed by atoms with E-state index in [1.165, 1.54) is 0 Å². The normalized spacial score (nSPS) is 24.4. The maximum atomic E-state index is 13.1. The lowest BCUT2D eigenvalue weighted by molar-refractivity contribution is -0.137. The fourth-order valence-electron chi connectivity index (χ4n) is 10.7. The Kier molecular flexibility index (Phi) is 12.1. The van der Waals surface area contributed by atoms with E-state index in [-0.39, 0.29) is 35.3 Å². The average Bonchev–Trinajstić information content (AvgIpc) is 3.80. The molecule has 1 aromatic heterocycles. The van der Waals surface area contributed by atoms with Crippen LogP contribution in [0.5, 0.6) is 5.75 Å². The molecule has 5 aliphatic heterocycles. The SMILES string of the molecule is C/C(=C(/C[C@@H](C)CCC(F)(F)F)c1ccccc1C)C(C)c1ccc(N2CCC3(CC2)CC(CN2CCN4c5ccc6c(c5OC[C@@]4(C)C2)CN(C(C)C=O)C6=O)CO3)cn1. The molecule has 5 aliphatic rings. The molecule has 6 heterocycles. The van der Waals surface area contributed by atoms with E-state index in [0.29, 0.717) is 31.1 Å². The third-order valence-electron chi connectivity index (χ3n) is 14.5. The number of anilines is 2. The molecule has 0 N–H and O–H groups in total. The highest BCUT2D eigenvalue weighted by Crippen LogP contribution is 2.47. The number of hydrogen-bond donors (Lipinski definition) is 0. The number of rotatable bonds is 12. The number of carbonyl (C=O) groups excluding carboxylic acids is 2. The van der Waals surface area contributed by atoms with Gasteiger partial charge in [0.25, 0.3) is 5.91 Å². The van der Waals surface area contributed by atoms with Crippen LogP contribution in [0.15, 0.2) is 60.3 Å². The van der Waals surface area contributed by atoms with Gasteiger partial charge in [0.2, 0.25) is 0 Å². The summed E-state index contributed by atoms with van der Waals surface area (Å²) in [5.74, 6) is 1.06. The van der Waals surface area contributed by atoms with Gasteiger partial charge in [0.15, 0.2) is 0 Å². The molecule has 1 spiro atoms. The largest absolute Gasteiger partial charge is 0.489 e. The highest BCUT2D eigenvalue weighted by atomic mass is 19.4. The van der Waals surface area contributed by atoms with E-state index in [1.807, 2.05) is 37.4 Å². The number of aldehydes is 1. The second kappa shape index (κ2) is 17.0. The van der Waals surface area contributed by atoms with Crippen molar-refractivity contribution in [2.75, 3.05) is 62.3 Å². The number of fused-ring (bicyclic) bond motifs is 5. The molecule has 61 heavy (non-hydrogen) atoms. The van der Waals surface area contributed by atoms with Crippen molar-refractivity contribution in [2.24, 2.45) is 11.8 Å². The number of alkyl halides is 3. The van der Waals surface area contributed by atoms with Crippen molar-refractivity contribution in [2.45, 2.75) is 116 Å². The summed E-state index contributed by atoms with van der Waals surface area (Å²) in [6, 6.07) is 15.9. The molecule has 3 saturated heterocycles. The van der Waals surface area contributed by atoms with Gasteiger partial charge in [-0.25, -0.2) is 0 Å². The summed E-state index contributed by atoms with van der Waals surface area (Å²) in [5.41, 5.74) is 8.84. The number of piperazine rings is 1. The molecule has 12 heteroatoms. The number of nitrogens with zero attached hydrogens (tertiary/aromatic N) is 5. The maximum Gasteiger partial charge on any atom is 0.389 e. The lowest BCUT2D eigenvalue weighted by atomic mass is 9.83. The standard InChI is InChI=1S/C49H62F3N5O4/c1-32(15-16-49(50,51)52)23-41(39-10-8-7-9-33(39)2)35(4)36(5)43-13-11-38(25-53-43)55-19-17-48(18-20-55)24-37(29-61-48)26-54-21-22-57-44-14-12-40-42(27-56(46(40)59)34(3)28-58)45(44)60-31-47(57,6)30-54/h7-14,25,28,32,34,36-37H,15-24,26-27,29-31H2,1-6H3/b41-35+/t32-,34?,36?,37?,47+/m0/s1. The Labute approximate surface area is 359 Å². The number of ether oxygens (including phenoxy) is 2. The molecule has 0 bridgehead atoms. The Morgan fingerprint density at radius 3 is 2.51 bits per heavy atom. The van der Waals surface area contributed by atoms with E-state index in [0.717, 1.165) is 122 Å². The van der Waals surface area contributed by atoms with Crippen molar-refractivity contribution < 1.29 is 32.2 Å². The molecule has 3 fully saturated rings. The quantitative estimate of drug-likeness (QED) is 0.167. The predicted molar refractivity (Wildman–Crippen MR) is 233 cm³/mol. The molecular weight excluding hydrogens is 780 g/mol. The van der Waals surface area contributed by atoms with Gasteiger partial charge >= 0.3 is 6.18 Å². The van der Waals surface area contributed by atoms with Gasteiger partial charge in [-0.15, -0.1) is 0 Å². The van der Waals surface area contributed by atoms with Gasteiger partial charge in [0, 0.05) is 68.4 Å². The Hall–Kier alpha value is -4.42. The minimum atomic E-state index is -4.15. The van der Waals surface area contributed by atoms with E-state index in [2.05, 4.69) is 66.7 Å². The van der Waals surface area contributed by atoms with E-state index < -0.39 is 18.6 Å². The Morgan fingerprint density at radius 2 is 1.80 bits per heavy atom. The number of aromatic nitrogens is 1. The summed E-state index contributed by atoms with van der Waals surface area (Å²) in [7, 11) is 0. The summed E-state index contributed by atoms with van der Waals surface area (Å²) in [6.07, 6.45) is 1.59. The summed E-state index contributed by atoms with van der Waals surface area (Å²) < 4.78 is 52.4. The molecule has 8 rings (SSSR count). The third-order valence-corrected chi connectivity index (χ3v) is 14.5. The van der Waals surface area contributed by atoms with Gasteiger partial charge in [-0.2, -0.15) is 13.2 Å². The van der Waals surface area contributed by atoms with E-state index >= 15 is 0 Å². The van der Waals surface area contributed by atoms with Crippen LogP contribution in [0.3, 0.4) is 0 Å². The van der Waals surface area contributed by atoms with Crippen LogP contribution in [0.25, 0.3) is 5.57 Å². The van der Waals surface area contributed by atoms with Crippen molar-refractivity contribution in [3.8, 4) is 5.75 Å². The molecule has 3 aromatic rings. The van der Waals surface area contributed by atoms with Crippen molar-refractivity contribution in [3.05, 3.63) is 88.2 Å². The summed E-state index contributed by atoms with van der Waals surface area (Å²) >= 11 is 0. The van der Waals surface area contributed by atoms with Crippen molar-refractivity contribution in [1.29, 1.82) is 0 Å². The number of benzene rings is 2. The van der Waals surface area contributed by atoms with Gasteiger partial charge in [-0.1, -0.05) is 43.7 Å². The zero-order valence-electron chi connectivity index (χ0n) is 36.7. The molecule has 0 saturated carbocycles. The molecule has 3 unspecified atom stereocenters. The van der Waals surface area contributed by atoms with Crippen LogP contribution in [0.4, 0.5) is 24.5 Å². The predicted octanol–water partition coefficient (Wildman–Crippen LogP) is 9.23. The Bertz CT molecular complexity index is 2130. The lowest BCUT2D eigenvalue weighted by Gasteiger charge is -2.53. The molecule has 0 aliphatic carbocycles. The fraction of sp³-hybridized carbons (Fsp3) is 0.571. The number of hydrogen-bond acceptors (Lipinski definition) is 8. The molecule has 5 atom stereocenters. The first-order valence-electron chi connectivity index (χ1n) is 22.3. The highest BCUT2D eigenvalue weighted by Gasteiger charge is 2.48. The van der Waals surface area contributed by atoms with Crippen LogP contribution >= 0.6 is 0 Å². The summed E-state index contributed by atoms with van der Waals surface area (Å²) in [4.78, 5) is 38.6. The third kappa shape index (κ3) is 8.81. The van der Waals surface area contributed by atoms with Crippen molar-refractivity contribution >= 4 is 29.1 Å². The average molecular weight is 842 g/mol. The van der Waals surface area contributed by atoms with Crippen LogP contribution in [0, 0.1) is 18.8 Å². The summed E-state index contributed by atoms with van der Waals surface area (Å²) in [5, 5.41) is 0. The van der Waals surface area contributed by atoms with Gasteiger partial charge < -0.3 is 29.0 Å². The van der Waals surface area contributed by atoms with Crippen LogP contribution in [0.2, 0.25) is 0 Å². The van der Waals surface area contributed by atoms with Gasteiger partial charge in [0.1, 0.15) is 18.6 Å². The number of carbonyl (C=O) groups is 2. The van der Waals surface area contributed by atoms with Gasteiger partial charge in [-0.05, 0) is 113 Å². The maximum absolute atomic E-state index is 13.1. The zero-order valence-corrected chi connectivity index (χ0v) is 36.7. The van der Waals surface area contributed by atoms with Crippen LogP contribution < -0.4 is 14.5 Å². The lowest BCUT2D eigenvalue weighted by Crippen LogP contribution is -2.65. The smallest absolute Gasteiger partial charge is 0.389 e. The Balaban J connectivity index is 0.855. The number of aryl methyl sites for hydroxylation is 1. The number of piperidine rings is 1. The van der Waals surface area contributed by atoms with E-state index in [1.54, 1.807) is 11.8 Å². The van der Waals surface area contributed by atoms with E-state index in [4.69, 9.17) is 14.5 Å². The van der Waals surface area contributed by atoms with Gasteiger partial charge in [-0.3, -0.25) is 14.7 Å². The number of halogens is 3. The molecule has 9 nitrogen and oxygen atoms in total. The topological polar surface area (TPSA) is 78.5 Å². The molecule has 328 valence electrons. The number of pyridine rings is 1. The first-order chi connectivity index (χ1) is 29.1. The van der Waals surface area contributed by atoms with Crippen LogP contribution in [-0.4, -0.2) is 103 Å². The molecular formula is C49H62F3N5O4. The first-order valence-corrected chi connectivity index (χ1v) is 22.3. The second-order valence-electron chi connectivity index (χ2n) is 19.1. The van der Waals surface area contributed by atoms with Crippen LogP contribution in [0.1, 0.15) is 112 Å². The molecule has 1 amide bonds. The first kappa shape index (κ1) is 43.2. The second-order valence-corrected chi connectivity index (χ2v) is 19.1. The number of allylic oxidation sites excluding steroid dienone is 2. The van der Waals surface area contributed by atoms with Crippen LogP contribution in [-0.2, 0) is 16.1 Å². The zero-order chi connectivity index (χ0) is 43.3. The minimum Gasteiger partial charge on any atom is -0.489 e. The van der Waals surface area contributed by atoms with Gasteiger partial charge in [0.05, 0.1) is 47.9 Å².